The maximum Gasteiger partial charge on any atom is 0.269 e. The van der Waals surface area contributed by atoms with E-state index in [0.29, 0.717) is 17.9 Å². The van der Waals surface area contributed by atoms with E-state index in [2.05, 4.69) is 0 Å². The summed E-state index contributed by atoms with van der Waals surface area (Å²) in [4.78, 5) is 10.7. The lowest BCUT2D eigenvalue weighted by molar-refractivity contribution is -0.384. The van der Waals surface area contributed by atoms with Crippen LogP contribution in [0.5, 0.6) is 0 Å². The molecule has 1 fully saturated rings. The first-order valence-corrected chi connectivity index (χ1v) is 9.42. The molecule has 1 saturated heterocycles. The zero-order chi connectivity index (χ0) is 16.4. The minimum absolute atomic E-state index is 0.0351. The molecule has 120 valence electrons. The van der Waals surface area contributed by atoms with Crippen LogP contribution in [0.15, 0.2) is 59.5 Å². The Bertz CT molecular complexity index is 824. The van der Waals surface area contributed by atoms with Crippen molar-refractivity contribution < 1.29 is 13.3 Å². The van der Waals surface area contributed by atoms with Crippen molar-refractivity contribution >= 4 is 27.5 Å². The van der Waals surface area contributed by atoms with Crippen molar-refractivity contribution in [3.8, 4) is 0 Å². The maximum absolute atomic E-state index is 12.8. The molecule has 23 heavy (non-hydrogen) atoms. The van der Waals surface area contributed by atoms with Crippen LogP contribution in [0.25, 0.3) is 0 Å². The molecular formula is C15H14N2O4S2. The number of hydrogen-bond acceptors (Lipinski definition) is 5. The van der Waals surface area contributed by atoms with E-state index in [-0.39, 0.29) is 10.6 Å². The molecule has 6 nitrogen and oxygen atoms in total. The fraction of sp³-hybridized carbons (Fsp3) is 0.200. The Morgan fingerprint density at radius 1 is 1.13 bits per heavy atom. The standard InChI is InChI=1S/C15H14N2O4S2/c18-17(19)13-6-4-5-12(11-13)15-16(9-10-22-15)23(20,21)14-7-2-1-3-8-14/h1-8,11,15H,9-10H2. The zero-order valence-electron chi connectivity index (χ0n) is 12.0. The topological polar surface area (TPSA) is 80.5 Å². The van der Waals surface area contributed by atoms with Crippen LogP contribution >= 0.6 is 11.8 Å². The normalized spacial score (nSPS) is 18.9. The molecule has 1 aliphatic heterocycles. The number of nitrogens with zero attached hydrogens (tertiary/aromatic N) is 2. The first-order chi connectivity index (χ1) is 11.0. The maximum atomic E-state index is 12.8. The third-order valence-corrected chi connectivity index (χ3v) is 6.84. The molecule has 1 heterocycles. The van der Waals surface area contributed by atoms with Crippen LogP contribution < -0.4 is 0 Å². The highest BCUT2D eigenvalue weighted by Crippen LogP contribution is 2.42. The molecule has 0 spiro atoms. The summed E-state index contributed by atoms with van der Waals surface area (Å²) in [5.41, 5.74) is 0.591. The fourth-order valence-electron chi connectivity index (χ4n) is 2.48. The van der Waals surface area contributed by atoms with Crippen LogP contribution in [0.2, 0.25) is 0 Å². The van der Waals surface area contributed by atoms with Gasteiger partial charge in [-0.2, -0.15) is 4.31 Å². The van der Waals surface area contributed by atoms with Crippen molar-refractivity contribution in [2.75, 3.05) is 12.3 Å². The Morgan fingerprint density at radius 2 is 1.87 bits per heavy atom. The minimum Gasteiger partial charge on any atom is -0.258 e. The zero-order valence-corrected chi connectivity index (χ0v) is 13.7. The third kappa shape index (κ3) is 3.10. The average Bonchev–Trinajstić information content (AvgIpc) is 3.06. The van der Waals surface area contributed by atoms with Gasteiger partial charge in [-0.05, 0) is 17.7 Å². The lowest BCUT2D eigenvalue weighted by atomic mass is 10.2. The van der Waals surface area contributed by atoms with Gasteiger partial charge in [-0.15, -0.1) is 11.8 Å². The molecular weight excluding hydrogens is 336 g/mol. The highest BCUT2D eigenvalue weighted by molar-refractivity contribution is 8.01. The molecule has 3 rings (SSSR count). The van der Waals surface area contributed by atoms with Gasteiger partial charge in [-0.25, -0.2) is 8.42 Å². The average molecular weight is 350 g/mol. The van der Waals surface area contributed by atoms with Crippen molar-refractivity contribution in [3.63, 3.8) is 0 Å². The van der Waals surface area contributed by atoms with Gasteiger partial charge in [0.1, 0.15) is 0 Å². The van der Waals surface area contributed by atoms with Gasteiger partial charge in [0, 0.05) is 24.4 Å². The van der Waals surface area contributed by atoms with E-state index in [0.717, 1.165) is 0 Å². The Morgan fingerprint density at radius 3 is 2.57 bits per heavy atom. The lowest BCUT2D eigenvalue weighted by Gasteiger charge is -2.23. The SMILES string of the molecule is O=[N+]([O-])c1cccc(C2SCCN2S(=O)(=O)c2ccccc2)c1. The number of nitro groups is 1. The van der Waals surface area contributed by atoms with Crippen LogP contribution in [-0.4, -0.2) is 29.9 Å². The predicted octanol–water partition coefficient (Wildman–Crippen LogP) is 3.03. The minimum atomic E-state index is -3.63. The number of benzene rings is 2. The van der Waals surface area contributed by atoms with Gasteiger partial charge in [-0.3, -0.25) is 10.1 Å². The summed E-state index contributed by atoms with van der Waals surface area (Å²) in [5.74, 6) is 0.652. The van der Waals surface area contributed by atoms with E-state index in [1.165, 1.54) is 28.2 Å². The van der Waals surface area contributed by atoms with Gasteiger partial charge in [-0.1, -0.05) is 30.3 Å². The Labute approximate surface area is 138 Å². The molecule has 0 amide bonds. The summed E-state index contributed by atoms with van der Waals surface area (Å²) in [7, 11) is -3.63. The molecule has 0 N–H and O–H groups in total. The second-order valence-corrected chi connectivity index (χ2v) is 8.08. The third-order valence-electron chi connectivity index (χ3n) is 3.56. The first-order valence-electron chi connectivity index (χ1n) is 6.93. The van der Waals surface area contributed by atoms with Gasteiger partial charge in [0.05, 0.1) is 15.2 Å². The van der Waals surface area contributed by atoms with E-state index in [1.807, 2.05) is 0 Å². The second-order valence-electron chi connectivity index (χ2n) is 5.00. The molecule has 2 aromatic rings. The monoisotopic (exact) mass is 350 g/mol. The first kappa shape index (κ1) is 16.0. The van der Waals surface area contributed by atoms with Gasteiger partial charge in [0.2, 0.25) is 10.0 Å². The quantitative estimate of drug-likeness (QED) is 0.625. The molecule has 0 bridgehead atoms. The van der Waals surface area contributed by atoms with Crippen LogP contribution in [0.1, 0.15) is 10.9 Å². The molecule has 1 unspecified atom stereocenters. The predicted molar refractivity (Wildman–Crippen MR) is 88.6 cm³/mol. The summed E-state index contributed by atoms with van der Waals surface area (Å²) in [5, 5.41) is 10.5. The molecule has 1 aliphatic rings. The van der Waals surface area contributed by atoms with Gasteiger partial charge in [0.15, 0.2) is 0 Å². The van der Waals surface area contributed by atoms with Crippen molar-refractivity contribution in [1.29, 1.82) is 0 Å². The van der Waals surface area contributed by atoms with Crippen molar-refractivity contribution in [2.45, 2.75) is 10.3 Å². The highest BCUT2D eigenvalue weighted by atomic mass is 32.2. The summed E-state index contributed by atoms with van der Waals surface area (Å²) in [6.07, 6.45) is 0. The van der Waals surface area contributed by atoms with Crippen LogP contribution in [0.4, 0.5) is 5.69 Å². The number of non-ortho nitro benzene ring substituents is 1. The molecule has 8 heteroatoms. The number of thioether (sulfide) groups is 1. The van der Waals surface area contributed by atoms with Crippen molar-refractivity contribution in [3.05, 3.63) is 70.3 Å². The van der Waals surface area contributed by atoms with E-state index < -0.39 is 20.3 Å². The second kappa shape index (κ2) is 6.31. The van der Waals surface area contributed by atoms with Crippen LogP contribution in [-0.2, 0) is 10.0 Å². The largest absolute Gasteiger partial charge is 0.269 e. The van der Waals surface area contributed by atoms with E-state index >= 15 is 0 Å². The van der Waals surface area contributed by atoms with Gasteiger partial charge < -0.3 is 0 Å². The fourth-order valence-corrected chi connectivity index (χ4v) is 5.73. The summed E-state index contributed by atoms with van der Waals surface area (Å²) in [6.45, 7) is 0.384. The van der Waals surface area contributed by atoms with Crippen molar-refractivity contribution in [2.24, 2.45) is 0 Å². The number of nitro benzene ring substituents is 1. The smallest absolute Gasteiger partial charge is 0.258 e. The Hall–Kier alpha value is -1.90. The molecule has 1 atom stereocenters. The molecule has 0 aliphatic carbocycles. The summed E-state index contributed by atoms with van der Waals surface area (Å²) in [6, 6.07) is 14.4. The Balaban J connectivity index is 1.98. The lowest BCUT2D eigenvalue weighted by Crippen LogP contribution is -2.30. The molecule has 2 aromatic carbocycles. The van der Waals surface area contributed by atoms with E-state index in [1.54, 1.807) is 42.5 Å². The Kier molecular flexibility index (Phi) is 4.38. The van der Waals surface area contributed by atoms with Crippen LogP contribution in [0.3, 0.4) is 0 Å². The summed E-state index contributed by atoms with van der Waals surface area (Å²) >= 11 is 1.47. The number of hydrogen-bond donors (Lipinski definition) is 0. The number of sulfonamides is 1. The molecule has 0 radical (unpaired) electrons. The number of rotatable bonds is 4. The van der Waals surface area contributed by atoms with E-state index in [9.17, 15) is 18.5 Å². The van der Waals surface area contributed by atoms with Crippen molar-refractivity contribution in [1.82, 2.24) is 4.31 Å². The molecule has 0 aromatic heterocycles. The van der Waals surface area contributed by atoms with Gasteiger partial charge in [0.25, 0.3) is 5.69 Å². The van der Waals surface area contributed by atoms with E-state index in [4.69, 9.17) is 0 Å². The molecule has 0 saturated carbocycles. The van der Waals surface area contributed by atoms with Gasteiger partial charge >= 0.3 is 0 Å². The highest BCUT2D eigenvalue weighted by Gasteiger charge is 2.37. The summed E-state index contributed by atoms with van der Waals surface area (Å²) < 4.78 is 27.0. The van der Waals surface area contributed by atoms with Crippen LogP contribution in [0, 0.1) is 10.1 Å².